The molecule has 1 N–H and O–H groups in total. The lowest BCUT2D eigenvalue weighted by molar-refractivity contribution is -0.125. The third kappa shape index (κ3) is 3.60. The predicted octanol–water partition coefficient (Wildman–Crippen LogP) is 2.27. The number of carbonyl (C=O) groups is 1. The van der Waals surface area contributed by atoms with Gasteiger partial charge >= 0.3 is 0 Å². The Morgan fingerprint density at radius 2 is 2.18 bits per heavy atom. The number of halogens is 1. The summed E-state index contributed by atoms with van der Waals surface area (Å²) < 4.78 is 6.32. The second kappa shape index (κ2) is 6.96. The maximum absolute atomic E-state index is 12.4. The molecule has 0 bridgehead atoms. The van der Waals surface area contributed by atoms with Gasteiger partial charge in [-0.1, -0.05) is 0 Å². The van der Waals surface area contributed by atoms with Gasteiger partial charge in [0.05, 0.1) is 5.92 Å². The molecule has 3 rings (SSSR count). The highest BCUT2D eigenvalue weighted by atomic mass is 79.9. The molecule has 1 atom stereocenters. The molecule has 2 aliphatic heterocycles. The van der Waals surface area contributed by atoms with Gasteiger partial charge < -0.3 is 15.0 Å². The number of hydrogen-bond acceptors (Lipinski definition) is 4. The Morgan fingerprint density at radius 3 is 2.91 bits per heavy atom. The summed E-state index contributed by atoms with van der Waals surface area (Å²) in [5, 5.41) is 3.18. The number of ether oxygens (including phenoxy) is 1. The van der Waals surface area contributed by atoms with E-state index in [1.54, 1.807) is 0 Å². The van der Waals surface area contributed by atoms with Gasteiger partial charge in [0.15, 0.2) is 0 Å². The summed E-state index contributed by atoms with van der Waals surface area (Å²) >= 11 is 3.44. The number of anilines is 1. The van der Waals surface area contributed by atoms with Crippen LogP contribution < -0.4 is 10.2 Å². The van der Waals surface area contributed by atoms with Gasteiger partial charge in [0.25, 0.3) is 0 Å². The SMILES string of the molecule is Cc1cc(Br)cnc1N1CCC(C(=O)NC2CCOCC2)C1. The molecular weight excluding hydrogens is 346 g/mol. The summed E-state index contributed by atoms with van der Waals surface area (Å²) in [5.41, 5.74) is 1.14. The minimum Gasteiger partial charge on any atom is -0.381 e. The third-order valence-electron chi connectivity index (χ3n) is 4.44. The molecule has 1 aromatic heterocycles. The van der Waals surface area contributed by atoms with E-state index in [0.717, 1.165) is 61.4 Å². The largest absolute Gasteiger partial charge is 0.381 e. The van der Waals surface area contributed by atoms with Gasteiger partial charge in [-0.3, -0.25) is 4.79 Å². The Kier molecular flexibility index (Phi) is 4.98. The van der Waals surface area contributed by atoms with Crippen molar-refractivity contribution in [1.82, 2.24) is 10.3 Å². The van der Waals surface area contributed by atoms with Crippen LogP contribution in [0.4, 0.5) is 5.82 Å². The Hall–Kier alpha value is -1.14. The lowest BCUT2D eigenvalue weighted by Crippen LogP contribution is -2.42. The van der Waals surface area contributed by atoms with Crippen LogP contribution in [0.15, 0.2) is 16.7 Å². The zero-order valence-electron chi connectivity index (χ0n) is 12.8. The summed E-state index contributed by atoms with van der Waals surface area (Å²) in [4.78, 5) is 19.1. The monoisotopic (exact) mass is 367 g/mol. The number of nitrogens with one attached hydrogen (secondary N) is 1. The average molecular weight is 368 g/mol. The van der Waals surface area contributed by atoms with Crippen LogP contribution in [0, 0.1) is 12.8 Å². The molecule has 6 heteroatoms. The van der Waals surface area contributed by atoms with Crippen molar-refractivity contribution >= 4 is 27.7 Å². The Labute approximate surface area is 139 Å². The minimum atomic E-state index is 0.0627. The van der Waals surface area contributed by atoms with E-state index in [4.69, 9.17) is 4.74 Å². The van der Waals surface area contributed by atoms with Crippen molar-refractivity contribution < 1.29 is 9.53 Å². The first-order chi connectivity index (χ1) is 10.6. The molecule has 1 amide bonds. The molecular formula is C16H22BrN3O2. The van der Waals surface area contributed by atoms with Crippen molar-refractivity contribution in [3.8, 4) is 0 Å². The van der Waals surface area contributed by atoms with Crippen LogP contribution >= 0.6 is 15.9 Å². The zero-order valence-corrected chi connectivity index (χ0v) is 14.4. The third-order valence-corrected chi connectivity index (χ3v) is 4.88. The predicted molar refractivity (Wildman–Crippen MR) is 89.0 cm³/mol. The first kappa shape index (κ1) is 15.7. The molecule has 1 aromatic rings. The normalized spacial score (nSPS) is 22.8. The Balaban J connectivity index is 1.58. The summed E-state index contributed by atoms with van der Waals surface area (Å²) in [7, 11) is 0. The van der Waals surface area contributed by atoms with Gasteiger partial charge in [0, 0.05) is 43.0 Å². The first-order valence-corrected chi connectivity index (χ1v) is 8.68. The lowest BCUT2D eigenvalue weighted by Gasteiger charge is -2.25. The summed E-state index contributed by atoms with van der Waals surface area (Å²) in [6.45, 7) is 5.21. The van der Waals surface area contributed by atoms with Gasteiger partial charge in [-0.05, 0) is 53.7 Å². The van der Waals surface area contributed by atoms with Crippen LogP contribution in [0.2, 0.25) is 0 Å². The Morgan fingerprint density at radius 1 is 1.41 bits per heavy atom. The highest BCUT2D eigenvalue weighted by Gasteiger charge is 2.31. The molecule has 0 spiro atoms. The minimum absolute atomic E-state index is 0.0627. The van der Waals surface area contributed by atoms with Crippen LogP contribution in [0.5, 0.6) is 0 Å². The molecule has 120 valence electrons. The maximum atomic E-state index is 12.4. The molecule has 0 aliphatic carbocycles. The fraction of sp³-hybridized carbons (Fsp3) is 0.625. The van der Waals surface area contributed by atoms with Gasteiger partial charge in [-0.15, -0.1) is 0 Å². The summed E-state index contributed by atoms with van der Waals surface area (Å²) in [6.07, 6.45) is 4.56. The fourth-order valence-corrected chi connectivity index (χ4v) is 3.64. The van der Waals surface area contributed by atoms with Gasteiger partial charge in [-0.2, -0.15) is 0 Å². The van der Waals surface area contributed by atoms with Gasteiger partial charge in [0.2, 0.25) is 5.91 Å². The molecule has 0 saturated carbocycles. The smallest absolute Gasteiger partial charge is 0.225 e. The molecule has 2 fully saturated rings. The molecule has 0 radical (unpaired) electrons. The molecule has 1 unspecified atom stereocenters. The van der Waals surface area contributed by atoms with E-state index < -0.39 is 0 Å². The van der Waals surface area contributed by atoms with E-state index in [1.165, 1.54) is 0 Å². The van der Waals surface area contributed by atoms with Crippen molar-refractivity contribution in [2.24, 2.45) is 5.92 Å². The maximum Gasteiger partial charge on any atom is 0.225 e. The summed E-state index contributed by atoms with van der Waals surface area (Å²) in [6, 6.07) is 2.35. The van der Waals surface area contributed by atoms with E-state index in [2.05, 4.69) is 44.1 Å². The average Bonchev–Trinajstić information content (AvgIpc) is 2.98. The van der Waals surface area contributed by atoms with Crippen LogP contribution in [0.25, 0.3) is 0 Å². The quantitative estimate of drug-likeness (QED) is 0.890. The van der Waals surface area contributed by atoms with E-state index in [1.807, 2.05) is 6.20 Å². The number of amides is 1. The molecule has 2 saturated heterocycles. The second-order valence-electron chi connectivity index (χ2n) is 6.12. The van der Waals surface area contributed by atoms with E-state index >= 15 is 0 Å². The van der Waals surface area contributed by atoms with Crippen molar-refractivity contribution in [2.75, 3.05) is 31.2 Å². The van der Waals surface area contributed by atoms with Crippen LogP contribution in [-0.2, 0) is 9.53 Å². The highest BCUT2D eigenvalue weighted by molar-refractivity contribution is 9.10. The second-order valence-corrected chi connectivity index (χ2v) is 7.04. The number of rotatable bonds is 3. The van der Waals surface area contributed by atoms with Gasteiger partial charge in [0.1, 0.15) is 5.82 Å². The number of nitrogens with zero attached hydrogens (tertiary/aromatic N) is 2. The zero-order chi connectivity index (χ0) is 15.5. The van der Waals surface area contributed by atoms with Crippen molar-refractivity contribution in [3.63, 3.8) is 0 Å². The van der Waals surface area contributed by atoms with Crippen molar-refractivity contribution in [3.05, 3.63) is 22.3 Å². The number of pyridine rings is 1. The van der Waals surface area contributed by atoms with E-state index in [0.29, 0.717) is 0 Å². The molecule has 2 aliphatic rings. The standard InChI is InChI=1S/C16H22BrN3O2/c1-11-8-13(17)9-18-15(11)20-5-2-12(10-20)16(21)19-14-3-6-22-7-4-14/h8-9,12,14H,2-7,10H2,1H3,(H,19,21). The van der Waals surface area contributed by atoms with Gasteiger partial charge in [-0.25, -0.2) is 4.98 Å². The lowest BCUT2D eigenvalue weighted by atomic mass is 10.1. The highest BCUT2D eigenvalue weighted by Crippen LogP contribution is 2.26. The van der Waals surface area contributed by atoms with Crippen LogP contribution in [0.3, 0.4) is 0 Å². The Bertz CT molecular complexity index is 546. The van der Waals surface area contributed by atoms with Crippen LogP contribution in [0.1, 0.15) is 24.8 Å². The summed E-state index contributed by atoms with van der Waals surface area (Å²) in [5.74, 6) is 1.24. The molecule has 5 nitrogen and oxygen atoms in total. The molecule has 0 aromatic carbocycles. The first-order valence-electron chi connectivity index (χ1n) is 7.88. The number of aromatic nitrogens is 1. The number of aryl methyl sites for hydroxylation is 1. The number of hydrogen-bond donors (Lipinski definition) is 1. The number of carbonyl (C=O) groups excluding carboxylic acids is 1. The molecule has 3 heterocycles. The van der Waals surface area contributed by atoms with E-state index in [9.17, 15) is 4.79 Å². The van der Waals surface area contributed by atoms with Crippen LogP contribution in [-0.4, -0.2) is 43.2 Å². The molecule has 22 heavy (non-hydrogen) atoms. The van der Waals surface area contributed by atoms with Crippen molar-refractivity contribution in [2.45, 2.75) is 32.2 Å². The topological polar surface area (TPSA) is 54.5 Å². The van der Waals surface area contributed by atoms with Crippen molar-refractivity contribution in [1.29, 1.82) is 0 Å². The fourth-order valence-electron chi connectivity index (χ4n) is 3.19. The van der Waals surface area contributed by atoms with E-state index in [-0.39, 0.29) is 17.9 Å².